The van der Waals surface area contributed by atoms with Crippen molar-refractivity contribution in [2.45, 2.75) is 39.5 Å². The molecule has 0 spiro atoms. The van der Waals surface area contributed by atoms with Gasteiger partial charge < -0.3 is 9.80 Å². The number of anilines is 1. The molecule has 3 heterocycles. The van der Waals surface area contributed by atoms with E-state index >= 15 is 0 Å². The molecule has 1 aromatic carbocycles. The highest BCUT2D eigenvalue weighted by Gasteiger charge is 2.30. The minimum Gasteiger partial charge on any atom is -0.348 e. The fourth-order valence-electron chi connectivity index (χ4n) is 3.96. The Morgan fingerprint density at radius 1 is 1.12 bits per heavy atom. The third-order valence-corrected chi connectivity index (χ3v) is 6.82. The number of carbonyl (C=O) groups excluding carboxylic acids is 1. The van der Waals surface area contributed by atoms with E-state index in [4.69, 9.17) is 4.98 Å². The van der Waals surface area contributed by atoms with Crippen LogP contribution >= 0.6 is 11.3 Å². The first-order chi connectivity index (χ1) is 12.1. The minimum absolute atomic E-state index is 0.210. The Balaban J connectivity index is 1.38. The molecule has 1 amide bonds. The summed E-state index contributed by atoms with van der Waals surface area (Å²) >= 11 is 1.78. The number of benzene rings is 1. The number of piperidine rings is 2. The van der Waals surface area contributed by atoms with Crippen LogP contribution in [0.25, 0.3) is 10.2 Å². The van der Waals surface area contributed by atoms with E-state index in [2.05, 4.69) is 41.8 Å². The molecule has 2 saturated heterocycles. The van der Waals surface area contributed by atoms with Crippen LogP contribution in [-0.2, 0) is 4.79 Å². The second-order valence-corrected chi connectivity index (χ2v) is 8.75. The summed E-state index contributed by atoms with van der Waals surface area (Å²) in [6.07, 6.45) is 4.24. The normalized spacial score (nSPS) is 20.4. The molecule has 5 heteroatoms. The molecule has 0 bridgehead atoms. The summed E-state index contributed by atoms with van der Waals surface area (Å²) in [4.78, 5) is 22.0. The van der Waals surface area contributed by atoms with Gasteiger partial charge in [-0.2, -0.15) is 0 Å². The van der Waals surface area contributed by atoms with Crippen molar-refractivity contribution in [3.8, 4) is 0 Å². The number of rotatable bonds is 2. The molecule has 2 aromatic rings. The number of thiazole rings is 1. The molecule has 0 aliphatic carbocycles. The largest absolute Gasteiger partial charge is 0.348 e. The lowest BCUT2D eigenvalue weighted by molar-refractivity contribution is -0.137. The van der Waals surface area contributed by atoms with E-state index in [1.54, 1.807) is 11.3 Å². The fraction of sp³-hybridized carbons (Fsp3) is 0.600. The minimum atomic E-state index is 0.210. The summed E-state index contributed by atoms with van der Waals surface area (Å²) in [5, 5.41) is 1.11. The van der Waals surface area contributed by atoms with Crippen molar-refractivity contribution in [3.63, 3.8) is 0 Å². The van der Waals surface area contributed by atoms with E-state index in [9.17, 15) is 4.79 Å². The summed E-state index contributed by atoms with van der Waals surface area (Å²) in [6.45, 7) is 8.21. The van der Waals surface area contributed by atoms with E-state index in [1.807, 2.05) is 0 Å². The molecule has 1 aromatic heterocycles. The molecule has 2 fully saturated rings. The van der Waals surface area contributed by atoms with Gasteiger partial charge in [0.2, 0.25) is 5.91 Å². The van der Waals surface area contributed by atoms with Crippen molar-refractivity contribution >= 4 is 32.6 Å². The number of carbonyl (C=O) groups is 1. The first kappa shape index (κ1) is 16.8. The highest BCUT2D eigenvalue weighted by atomic mass is 32.1. The monoisotopic (exact) mass is 357 g/mol. The molecule has 2 aliphatic heterocycles. The number of aryl methyl sites for hydroxylation is 1. The van der Waals surface area contributed by atoms with E-state index < -0.39 is 0 Å². The van der Waals surface area contributed by atoms with Crippen molar-refractivity contribution < 1.29 is 4.79 Å². The van der Waals surface area contributed by atoms with E-state index in [-0.39, 0.29) is 5.92 Å². The number of amides is 1. The van der Waals surface area contributed by atoms with Crippen LogP contribution < -0.4 is 4.90 Å². The van der Waals surface area contributed by atoms with Gasteiger partial charge in [0.05, 0.1) is 10.2 Å². The molecule has 25 heavy (non-hydrogen) atoms. The van der Waals surface area contributed by atoms with Crippen LogP contribution in [0, 0.1) is 18.8 Å². The highest BCUT2D eigenvalue weighted by molar-refractivity contribution is 7.22. The molecular formula is C20H27N3OS. The Morgan fingerprint density at radius 2 is 1.84 bits per heavy atom. The van der Waals surface area contributed by atoms with Crippen LogP contribution in [-0.4, -0.2) is 42.0 Å². The number of fused-ring (bicyclic) bond motifs is 1. The third kappa shape index (κ3) is 3.52. The Labute approximate surface area is 153 Å². The predicted molar refractivity (Wildman–Crippen MR) is 104 cm³/mol. The zero-order valence-corrected chi connectivity index (χ0v) is 16.0. The zero-order valence-electron chi connectivity index (χ0n) is 15.2. The van der Waals surface area contributed by atoms with Gasteiger partial charge in [0.25, 0.3) is 0 Å². The summed E-state index contributed by atoms with van der Waals surface area (Å²) in [5.74, 6) is 1.38. The van der Waals surface area contributed by atoms with Crippen molar-refractivity contribution in [1.29, 1.82) is 0 Å². The maximum absolute atomic E-state index is 12.8. The lowest BCUT2D eigenvalue weighted by Crippen LogP contribution is -2.45. The molecule has 4 nitrogen and oxygen atoms in total. The Morgan fingerprint density at radius 3 is 2.56 bits per heavy atom. The van der Waals surface area contributed by atoms with Crippen LogP contribution in [0.3, 0.4) is 0 Å². The predicted octanol–water partition coefficient (Wildman–Crippen LogP) is 4.08. The average molecular weight is 358 g/mol. The van der Waals surface area contributed by atoms with E-state index in [1.165, 1.54) is 10.3 Å². The molecule has 0 N–H and O–H groups in total. The van der Waals surface area contributed by atoms with E-state index in [0.717, 1.165) is 68.4 Å². The zero-order chi connectivity index (χ0) is 17.4. The highest BCUT2D eigenvalue weighted by Crippen LogP contribution is 2.32. The molecule has 4 rings (SSSR count). The SMILES string of the molecule is Cc1ccc2nc(N3CCC(C(=O)N4CCC(C)CC4)CC3)sc2c1. The van der Waals surface area contributed by atoms with Crippen LogP contribution in [0.2, 0.25) is 0 Å². The molecule has 0 radical (unpaired) electrons. The molecule has 134 valence electrons. The Hall–Kier alpha value is -1.62. The molecular weight excluding hydrogens is 330 g/mol. The second-order valence-electron chi connectivity index (χ2n) is 7.74. The van der Waals surface area contributed by atoms with Gasteiger partial charge in [-0.15, -0.1) is 0 Å². The van der Waals surface area contributed by atoms with Crippen LogP contribution in [0.15, 0.2) is 18.2 Å². The first-order valence-corrected chi connectivity index (χ1v) is 10.3. The maximum Gasteiger partial charge on any atom is 0.225 e. The summed E-state index contributed by atoms with van der Waals surface area (Å²) in [6, 6.07) is 6.44. The first-order valence-electron chi connectivity index (χ1n) is 9.51. The molecule has 2 aliphatic rings. The quantitative estimate of drug-likeness (QED) is 0.812. The standard InChI is InChI=1S/C20H27N3OS/c1-14-5-9-22(10-6-14)19(24)16-7-11-23(12-8-16)20-21-17-4-3-15(2)13-18(17)25-20/h3-4,13-14,16H,5-12H2,1-2H3. The molecule has 0 atom stereocenters. The van der Waals surface area contributed by atoms with Gasteiger partial charge in [-0.05, 0) is 56.2 Å². The van der Waals surface area contributed by atoms with Gasteiger partial charge >= 0.3 is 0 Å². The number of likely N-dealkylation sites (tertiary alicyclic amines) is 1. The van der Waals surface area contributed by atoms with Gasteiger partial charge in [0.1, 0.15) is 0 Å². The molecule has 0 unspecified atom stereocenters. The van der Waals surface area contributed by atoms with Gasteiger partial charge in [-0.25, -0.2) is 4.98 Å². The van der Waals surface area contributed by atoms with Crippen LogP contribution in [0.5, 0.6) is 0 Å². The van der Waals surface area contributed by atoms with E-state index in [0.29, 0.717) is 5.91 Å². The fourth-order valence-corrected chi connectivity index (χ4v) is 5.08. The Bertz CT molecular complexity index is 755. The van der Waals surface area contributed by atoms with Crippen molar-refractivity contribution in [2.75, 3.05) is 31.1 Å². The van der Waals surface area contributed by atoms with Crippen LogP contribution in [0.1, 0.15) is 38.2 Å². The number of nitrogens with zero attached hydrogens (tertiary/aromatic N) is 3. The summed E-state index contributed by atoms with van der Waals surface area (Å²) in [7, 11) is 0. The number of hydrogen-bond donors (Lipinski definition) is 0. The third-order valence-electron chi connectivity index (χ3n) is 5.74. The van der Waals surface area contributed by atoms with Crippen molar-refractivity contribution in [3.05, 3.63) is 23.8 Å². The smallest absolute Gasteiger partial charge is 0.225 e. The second kappa shape index (κ2) is 6.94. The van der Waals surface area contributed by atoms with Gasteiger partial charge in [-0.1, -0.05) is 24.3 Å². The Kier molecular flexibility index (Phi) is 4.67. The lowest BCUT2D eigenvalue weighted by atomic mass is 9.93. The maximum atomic E-state index is 12.8. The summed E-state index contributed by atoms with van der Waals surface area (Å²) < 4.78 is 1.26. The number of aromatic nitrogens is 1. The lowest BCUT2D eigenvalue weighted by Gasteiger charge is -2.36. The topological polar surface area (TPSA) is 36.4 Å². The summed E-state index contributed by atoms with van der Waals surface area (Å²) in [5.41, 5.74) is 2.37. The average Bonchev–Trinajstić information content (AvgIpc) is 3.05. The molecule has 0 saturated carbocycles. The van der Waals surface area contributed by atoms with Crippen molar-refractivity contribution in [2.24, 2.45) is 11.8 Å². The number of hydrogen-bond acceptors (Lipinski definition) is 4. The van der Waals surface area contributed by atoms with Crippen molar-refractivity contribution in [1.82, 2.24) is 9.88 Å². The van der Waals surface area contributed by atoms with Gasteiger partial charge in [0.15, 0.2) is 5.13 Å². The van der Waals surface area contributed by atoms with Crippen LogP contribution in [0.4, 0.5) is 5.13 Å². The van der Waals surface area contributed by atoms with Gasteiger partial charge in [-0.3, -0.25) is 4.79 Å². The van der Waals surface area contributed by atoms with Gasteiger partial charge in [0, 0.05) is 32.1 Å².